The number of rotatable bonds is 3. The molecule has 0 aliphatic carbocycles. The lowest BCUT2D eigenvalue weighted by Crippen LogP contribution is -1.93. The molecule has 0 bridgehead atoms. The molecule has 0 saturated carbocycles. The molecule has 2 aromatic rings. The summed E-state index contributed by atoms with van der Waals surface area (Å²) < 4.78 is 15.3. The molecule has 14 heavy (non-hydrogen) atoms. The Labute approximate surface area is 86.3 Å². The summed E-state index contributed by atoms with van der Waals surface area (Å²) in [6, 6.07) is 5.77. The van der Waals surface area contributed by atoms with Crippen molar-refractivity contribution in [2.24, 2.45) is 0 Å². The Kier molecular flexibility index (Phi) is 2.65. The van der Waals surface area contributed by atoms with Crippen molar-refractivity contribution < 1.29 is 13.6 Å². The van der Waals surface area contributed by atoms with Crippen LogP contribution < -0.4 is 0 Å². The highest BCUT2D eigenvalue weighted by atomic mass is 32.1. The zero-order chi connectivity index (χ0) is 9.97. The minimum atomic E-state index is 0.170. The fourth-order valence-corrected chi connectivity index (χ4v) is 1.47. The van der Waals surface area contributed by atoms with E-state index in [1.54, 1.807) is 7.11 Å². The summed E-state index contributed by atoms with van der Waals surface area (Å²) in [4.78, 5) is 0.170. The molecule has 0 aliphatic rings. The van der Waals surface area contributed by atoms with Gasteiger partial charge in [0, 0.05) is 19.3 Å². The van der Waals surface area contributed by atoms with Crippen LogP contribution in [0.25, 0.3) is 11.2 Å². The standard InChI is InChI=1S/C10H10O3S/c1-11-5-4-7-2-3-8-9(6-7)13-10(14)12-8/h2-3,6H,4-5H2,1H3. The maximum absolute atomic E-state index is 5.20. The van der Waals surface area contributed by atoms with Gasteiger partial charge in [0.25, 0.3) is 0 Å². The second kappa shape index (κ2) is 3.94. The summed E-state index contributed by atoms with van der Waals surface area (Å²) in [5, 5.41) is 0. The van der Waals surface area contributed by atoms with Crippen LogP contribution in [-0.4, -0.2) is 13.7 Å². The summed E-state index contributed by atoms with van der Waals surface area (Å²) in [7, 11) is 1.68. The molecule has 0 spiro atoms. The van der Waals surface area contributed by atoms with Gasteiger partial charge in [-0.2, -0.15) is 0 Å². The molecule has 0 aliphatic heterocycles. The van der Waals surface area contributed by atoms with Gasteiger partial charge >= 0.3 is 4.90 Å². The Balaban J connectivity index is 2.35. The lowest BCUT2D eigenvalue weighted by Gasteiger charge is -1.98. The molecule has 1 heterocycles. The van der Waals surface area contributed by atoms with Crippen molar-refractivity contribution in [1.29, 1.82) is 0 Å². The van der Waals surface area contributed by atoms with Crippen LogP contribution >= 0.6 is 12.2 Å². The van der Waals surface area contributed by atoms with Crippen LogP contribution in [0.15, 0.2) is 27.0 Å². The van der Waals surface area contributed by atoms with Crippen LogP contribution in [0.3, 0.4) is 0 Å². The van der Waals surface area contributed by atoms with Crippen LogP contribution in [-0.2, 0) is 11.2 Å². The van der Waals surface area contributed by atoms with Crippen molar-refractivity contribution in [2.75, 3.05) is 13.7 Å². The Morgan fingerprint density at radius 3 is 2.86 bits per heavy atom. The smallest absolute Gasteiger partial charge is 0.363 e. The van der Waals surface area contributed by atoms with Crippen molar-refractivity contribution in [1.82, 2.24) is 0 Å². The van der Waals surface area contributed by atoms with E-state index in [1.165, 1.54) is 0 Å². The highest BCUT2D eigenvalue weighted by Crippen LogP contribution is 2.18. The lowest BCUT2D eigenvalue weighted by atomic mass is 10.1. The predicted octanol–water partition coefficient (Wildman–Crippen LogP) is 2.94. The molecule has 0 saturated heterocycles. The van der Waals surface area contributed by atoms with Crippen molar-refractivity contribution in [3.05, 3.63) is 28.7 Å². The molecule has 0 amide bonds. The third kappa shape index (κ3) is 1.86. The summed E-state index contributed by atoms with van der Waals surface area (Å²) in [5.74, 6) is 0. The third-order valence-corrected chi connectivity index (χ3v) is 2.16. The molecular weight excluding hydrogens is 200 g/mol. The molecule has 1 aromatic carbocycles. The third-order valence-electron chi connectivity index (χ3n) is 1.99. The molecule has 0 radical (unpaired) electrons. The molecule has 74 valence electrons. The SMILES string of the molecule is COCCc1ccc2oc(=S)oc2c1. The molecule has 1 aromatic heterocycles. The number of fused-ring (bicyclic) bond motifs is 1. The van der Waals surface area contributed by atoms with E-state index in [0.717, 1.165) is 12.0 Å². The summed E-state index contributed by atoms with van der Waals surface area (Å²) in [6.45, 7) is 0.699. The molecule has 3 nitrogen and oxygen atoms in total. The van der Waals surface area contributed by atoms with E-state index in [4.69, 9.17) is 25.8 Å². The van der Waals surface area contributed by atoms with Gasteiger partial charge < -0.3 is 13.6 Å². The van der Waals surface area contributed by atoms with E-state index < -0.39 is 0 Å². The van der Waals surface area contributed by atoms with E-state index in [2.05, 4.69) is 0 Å². The predicted molar refractivity (Wildman–Crippen MR) is 54.9 cm³/mol. The summed E-state index contributed by atoms with van der Waals surface area (Å²) >= 11 is 4.79. The highest BCUT2D eigenvalue weighted by molar-refractivity contribution is 7.71. The first-order valence-corrected chi connectivity index (χ1v) is 4.72. The maximum Gasteiger partial charge on any atom is 0.363 e. The van der Waals surface area contributed by atoms with Gasteiger partial charge in [0.1, 0.15) is 0 Å². The topological polar surface area (TPSA) is 35.5 Å². The van der Waals surface area contributed by atoms with E-state index in [9.17, 15) is 0 Å². The molecule has 0 atom stereocenters. The van der Waals surface area contributed by atoms with Crippen molar-refractivity contribution in [3.8, 4) is 0 Å². The fourth-order valence-electron chi connectivity index (χ4n) is 1.29. The monoisotopic (exact) mass is 210 g/mol. The van der Waals surface area contributed by atoms with Gasteiger partial charge in [0.2, 0.25) is 0 Å². The second-order valence-electron chi connectivity index (χ2n) is 2.98. The first kappa shape index (κ1) is 9.43. The molecule has 2 rings (SSSR count). The minimum Gasteiger partial charge on any atom is -0.413 e. The van der Waals surface area contributed by atoms with Gasteiger partial charge in [0.15, 0.2) is 11.2 Å². The first-order chi connectivity index (χ1) is 6.79. The maximum atomic E-state index is 5.20. The summed E-state index contributed by atoms with van der Waals surface area (Å²) in [5.41, 5.74) is 2.54. The number of hydrogen-bond acceptors (Lipinski definition) is 4. The second-order valence-corrected chi connectivity index (χ2v) is 3.31. The Bertz CT molecular complexity index is 483. The number of hydrogen-bond donors (Lipinski definition) is 0. The highest BCUT2D eigenvalue weighted by Gasteiger charge is 2.02. The van der Waals surface area contributed by atoms with Gasteiger partial charge in [-0.25, -0.2) is 0 Å². The molecule has 0 unspecified atom stereocenters. The van der Waals surface area contributed by atoms with E-state index in [-0.39, 0.29) is 4.90 Å². The molecular formula is C10H10O3S. The van der Waals surface area contributed by atoms with Gasteiger partial charge in [0.05, 0.1) is 6.61 Å². The first-order valence-electron chi connectivity index (χ1n) is 4.31. The summed E-state index contributed by atoms with van der Waals surface area (Å²) in [6.07, 6.45) is 0.861. The molecule has 0 fully saturated rings. The zero-order valence-electron chi connectivity index (χ0n) is 7.78. The van der Waals surface area contributed by atoms with Crippen LogP contribution in [0.1, 0.15) is 5.56 Å². The van der Waals surface area contributed by atoms with Crippen molar-refractivity contribution in [2.45, 2.75) is 6.42 Å². The Hall–Kier alpha value is -1.13. The van der Waals surface area contributed by atoms with Gasteiger partial charge in [-0.15, -0.1) is 0 Å². The fraction of sp³-hybridized carbons (Fsp3) is 0.300. The van der Waals surface area contributed by atoms with E-state index >= 15 is 0 Å². The molecule has 0 N–H and O–H groups in total. The average molecular weight is 210 g/mol. The van der Waals surface area contributed by atoms with Gasteiger partial charge in [-0.1, -0.05) is 6.07 Å². The van der Waals surface area contributed by atoms with E-state index in [0.29, 0.717) is 17.8 Å². The van der Waals surface area contributed by atoms with Crippen LogP contribution in [0.2, 0.25) is 0 Å². The van der Waals surface area contributed by atoms with Crippen molar-refractivity contribution >= 4 is 23.4 Å². The molecule has 4 heteroatoms. The number of ether oxygens (including phenoxy) is 1. The van der Waals surface area contributed by atoms with E-state index in [1.807, 2.05) is 18.2 Å². The number of benzene rings is 1. The van der Waals surface area contributed by atoms with Crippen LogP contribution in [0, 0.1) is 4.90 Å². The largest absolute Gasteiger partial charge is 0.413 e. The number of methoxy groups -OCH3 is 1. The average Bonchev–Trinajstić information content (AvgIpc) is 2.54. The Morgan fingerprint density at radius 2 is 2.07 bits per heavy atom. The van der Waals surface area contributed by atoms with Crippen LogP contribution in [0.5, 0.6) is 0 Å². The Morgan fingerprint density at radius 1 is 1.29 bits per heavy atom. The van der Waals surface area contributed by atoms with Gasteiger partial charge in [-0.05, 0) is 24.1 Å². The zero-order valence-corrected chi connectivity index (χ0v) is 8.60. The van der Waals surface area contributed by atoms with Crippen molar-refractivity contribution in [3.63, 3.8) is 0 Å². The van der Waals surface area contributed by atoms with Gasteiger partial charge in [-0.3, -0.25) is 0 Å². The lowest BCUT2D eigenvalue weighted by molar-refractivity contribution is 0.202. The minimum absolute atomic E-state index is 0.170. The van der Waals surface area contributed by atoms with Crippen LogP contribution in [0.4, 0.5) is 0 Å². The normalized spacial score (nSPS) is 10.9. The quantitative estimate of drug-likeness (QED) is 0.730.